The van der Waals surface area contributed by atoms with Crippen molar-refractivity contribution in [3.8, 4) is 11.5 Å². The molecule has 31 heavy (non-hydrogen) atoms. The lowest BCUT2D eigenvalue weighted by molar-refractivity contribution is -0.142. The standard InChI is InChI=1S/C22H26N4O5/c1-15-13-17(16(2)26(15)11-6-12-29-3)19(27)14-30-21(28)9-8-20-24-22(25-31-20)18-7-4-5-10-23-18/h4-5,7,10,13H,6,8-9,11-12,14H2,1-3H3. The van der Waals surface area contributed by atoms with Gasteiger partial charge in [-0.15, -0.1) is 0 Å². The van der Waals surface area contributed by atoms with Gasteiger partial charge in [0.2, 0.25) is 17.5 Å². The van der Waals surface area contributed by atoms with Gasteiger partial charge in [-0.25, -0.2) is 0 Å². The highest BCUT2D eigenvalue weighted by Gasteiger charge is 2.18. The normalized spacial score (nSPS) is 10.9. The molecule has 3 heterocycles. The second-order valence-electron chi connectivity index (χ2n) is 7.09. The Labute approximate surface area is 180 Å². The van der Waals surface area contributed by atoms with Crippen molar-refractivity contribution < 1.29 is 23.6 Å². The molecule has 0 spiro atoms. The van der Waals surface area contributed by atoms with Gasteiger partial charge in [0.1, 0.15) is 5.69 Å². The second kappa shape index (κ2) is 10.6. The summed E-state index contributed by atoms with van der Waals surface area (Å²) < 4.78 is 17.5. The van der Waals surface area contributed by atoms with E-state index < -0.39 is 5.97 Å². The molecule has 3 aromatic heterocycles. The first-order valence-electron chi connectivity index (χ1n) is 10.1. The average Bonchev–Trinajstić information content (AvgIpc) is 3.37. The lowest BCUT2D eigenvalue weighted by atomic mass is 10.1. The number of nitrogens with zero attached hydrogens (tertiary/aromatic N) is 4. The Morgan fingerprint density at radius 2 is 2.06 bits per heavy atom. The first-order valence-corrected chi connectivity index (χ1v) is 10.1. The SMILES string of the molecule is COCCCn1c(C)cc(C(=O)COC(=O)CCc2nc(-c3ccccn3)no2)c1C. The van der Waals surface area contributed by atoms with Crippen molar-refractivity contribution in [3.05, 3.63) is 53.3 Å². The number of methoxy groups -OCH3 is 1. The number of rotatable bonds is 11. The molecule has 0 saturated heterocycles. The molecule has 0 saturated carbocycles. The fraction of sp³-hybridized carbons (Fsp3) is 0.409. The van der Waals surface area contributed by atoms with E-state index in [1.165, 1.54) is 0 Å². The van der Waals surface area contributed by atoms with Gasteiger partial charge in [0, 0.05) is 49.8 Å². The van der Waals surface area contributed by atoms with Gasteiger partial charge in [0.15, 0.2) is 6.61 Å². The van der Waals surface area contributed by atoms with E-state index in [1.807, 2.05) is 26.0 Å². The van der Waals surface area contributed by atoms with Crippen LogP contribution in [-0.4, -0.2) is 51.8 Å². The van der Waals surface area contributed by atoms with Crippen molar-refractivity contribution in [2.45, 2.75) is 39.7 Å². The number of esters is 1. The molecule has 0 bridgehead atoms. The number of carbonyl (C=O) groups excluding carboxylic acids is 2. The predicted octanol–water partition coefficient (Wildman–Crippen LogP) is 2.95. The molecule has 0 aliphatic heterocycles. The summed E-state index contributed by atoms with van der Waals surface area (Å²) >= 11 is 0. The molecule has 0 N–H and O–H groups in total. The van der Waals surface area contributed by atoms with Crippen molar-refractivity contribution in [2.24, 2.45) is 0 Å². The highest BCUT2D eigenvalue weighted by Crippen LogP contribution is 2.17. The van der Waals surface area contributed by atoms with Crippen LogP contribution in [0, 0.1) is 13.8 Å². The van der Waals surface area contributed by atoms with Crippen molar-refractivity contribution in [2.75, 3.05) is 20.3 Å². The van der Waals surface area contributed by atoms with E-state index in [4.69, 9.17) is 14.0 Å². The highest BCUT2D eigenvalue weighted by atomic mass is 16.5. The van der Waals surface area contributed by atoms with Gasteiger partial charge in [0.25, 0.3) is 0 Å². The molecule has 0 aliphatic rings. The van der Waals surface area contributed by atoms with Crippen molar-refractivity contribution in [1.82, 2.24) is 19.7 Å². The largest absolute Gasteiger partial charge is 0.457 e. The number of hydrogen-bond donors (Lipinski definition) is 0. The third-order valence-electron chi connectivity index (χ3n) is 4.87. The summed E-state index contributed by atoms with van der Waals surface area (Å²) in [5, 5.41) is 3.86. The summed E-state index contributed by atoms with van der Waals surface area (Å²) in [6, 6.07) is 7.21. The van der Waals surface area contributed by atoms with E-state index in [1.54, 1.807) is 25.4 Å². The van der Waals surface area contributed by atoms with Gasteiger partial charge in [-0.2, -0.15) is 4.98 Å². The van der Waals surface area contributed by atoms with Crippen LogP contribution in [-0.2, 0) is 27.2 Å². The molecule has 0 fully saturated rings. The predicted molar refractivity (Wildman–Crippen MR) is 112 cm³/mol. The molecule has 9 heteroatoms. The first kappa shape index (κ1) is 22.4. The van der Waals surface area contributed by atoms with Gasteiger partial charge in [0.05, 0.1) is 6.42 Å². The summed E-state index contributed by atoms with van der Waals surface area (Å²) in [7, 11) is 1.66. The summed E-state index contributed by atoms with van der Waals surface area (Å²) in [5.74, 6) is -0.0574. The third kappa shape index (κ3) is 5.85. The van der Waals surface area contributed by atoms with Gasteiger partial charge in [-0.05, 0) is 38.5 Å². The van der Waals surface area contributed by atoms with E-state index in [0.717, 1.165) is 24.4 Å². The van der Waals surface area contributed by atoms with Gasteiger partial charge >= 0.3 is 5.97 Å². The molecule has 0 atom stereocenters. The minimum absolute atomic E-state index is 0.0349. The van der Waals surface area contributed by atoms with E-state index in [-0.39, 0.29) is 25.2 Å². The maximum Gasteiger partial charge on any atom is 0.306 e. The Balaban J connectivity index is 1.48. The molecule has 3 aromatic rings. The number of ketones is 1. The highest BCUT2D eigenvalue weighted by molar-refractivity contribution is 5.99. The second-order valence-corrected chi connectivity index (χ2v) is 7.09. The van der Waals surface area contributed by atoms with Crippen LogP contribution in [0.3, 0.4) is 0 Å². The van der Waals surface area contributed by atoms with E-state index >= 15 is 0 Å². The smallest absolute Gasteiger partial charge is 0.306 e. The third-order valence-corrected chi connectivity index (χ3v) is 4.87. The topological polar surface area (TPSA) is 109 Å². The van der Waals surface area contributed by atoms with Gasteiger partial charge < -0.3 is 18.6 Å². The summed E-state index contributed by atoms with van der Waals surface area (Å²) in [4.78, 5) is 33.0. The maximum atomic E-state index is 12.5. The Bertz CT molecular complexity index is 1030. The summed E-state index contributed by atoms with van der Waals surface area (Å²) in [6.45, 7) is 4.96. The van der Waals surface area contributed by atoms with E-state index in [9.17, 15) is 9.59 Å². The fourth-order valence-corrected chi connectivity index (χ4v) is 3.25. The van der Waals surface area contributed by atoms with E-state index in [2.05, 4.69) is 19.7 Å². The van der Waals surface area contributed by atoms with Crippen LogP contribution in [0.4, 0.5) is 0 Å². The molecule has 0 unspecified atom stereocenters. The fourth-order valence-electron chi connectivity index (χ4n) is 3.25. The quantitative estimate of drug-likeness (QED) is 0.261. The zero-order chi connectivity index (χ0) is 22.2. The molecule has 0 radical (unpaired) electrons. The number of aromatic nitrogens is 4. The molecule has 164 valence electrons. The zero-order valence-electron chi connectivity index (χ0n) is 18.0. The molecule has 3 rings (SSSR count). The van der Waals surface area contributed by atoms with Gasteiger partial charge in [-0.1, -0.05) is 11.2 Å². The average molecular weight is 426 g/mol. The summed E-state index contributed by atoms with van der Waals surface area (Å²) in [6.07, 6.45) is 2.75. The van der Waals surface area contributed by atoms with Crippen LogP contribution in [0.1, 0.15) is 40.5 Å². The van der Waals surface area contributed by atoms with Crippen LogP contribution >= 0.6 is 0 Å². The molecule has 9 nitrogen and oxygen atoms in total. The lowest BCUT2D eigenvalue weighted by Crippen LogP contribution is -2.15. The monoisotopic (exact) mass is 426 g/mol. The van der Waals surface area contributed by atoms with Gasteiger partial charge in [-0.3, -0.25) is 14.6 Å². The number of ether oxygens (including phenoxy) is 2. The molecule has 0 aliphatic carbocycles. The van der Waals surface area contributed by atoms with Crippen LogP contribution in [0.5, 0.6) is 0 Å². The number of Topliss-reactive ketones (excluding diaryl/α,β-unsaturated/α-hetero) is 1. The first-order chi connectivity index (χ1) is 15.0. The number of carbonyl (C=O) groups is 2. The van der Waals surface area contributed by atoms with Crippen LogP contribution in [0.2, 0.25) is 0 Å². The Morgan fingerprint density at radius 3 is 2.81 bits per heavy atom. The van der Waals surface area contributed by atoms with Crippen molar-refractivity contribution in [1.29, 1.82) is 0 Å². The van der Waals surface area contributed by atoms with Crippen molar-refractivity contribution >= 4 is 11.8 Å². The molecular formula is C22H26N4O5. The zero-order valence-corrected chi connectivity index (χ0v) is 18.0. The van der Waals surface area contributed by atoms with Crippen LogP contribution in [0.15, 0.2) is 35.0 Å². The van der Waals surface area contributed by atoms with Crippen LogP contribution in [0.25, 0.3) is 11.5 Å². The minimum Gasteiger partial charge on any atom is -0.457 e. The number of aryl methyl sites for hydroxylation is 2. The summed E-state index contributed by atoms with van der Waals surface area (Å²) in [5.41, 5.74) is 3.01. The maximum absolute atomic E-state index is 12.5. The van der Waals surface area contributed by atoms with Crippen molar-refractivity contribution in [3.63, 3.8) is 0 Å². The Morgan fingerprint density at radius 1 is 1.23 bits per heavy atom. The lowest BCUT2D eigenvalue weighted by Gasteiger charge is -2.09. The Hall–Kier alpha value is -3.33. The van der Waals surface area contributed by atoms with E-state index in [0.29, 0.717) is 29.6 Å². The number of hydrogen-bond acceptors (Lipinski definition) is 8. The Kier molecular flexibility index (Phi) is 7.66. The minimum atomic E-state index is -0.500. The molecule has 0 amide bonds. The molecule has 0 aromatic carbocycles. The van der Waals surface area contributed by atoms with Crippen LogP contribution < -0.4 is 0 Å². The molecular weight excluding hydrogens is 400 g/mol. The number of pyridine rings is 1.